The Balaban J connectivity index is 1.51. The van der Waals surface area contributed by atoms with Crippen LogP contribution >= 0.6 is 19.2 Å². The highest BCUT2D eigenvalue weighted by Gasteiger charge is 2.34. The van der Waals surface area contributed by atoms with Gasteiger partial charge in [-0.15, -0.1) is 0 Å². The van der Waals surface area contributed by atoms with Crippen LogP contribution in [0.3, 0.4) is 0 Å². The first-order valence-corrected chi connectivity index (χ1v) is 15.8. The first kappa shape index (κ1) is 31.7. The Kier molecular flexibility index (Phi) is 10.4. The zero-order valence-electron chi connectivity index (χ0n) is 23.7. The summed E-state index contributed by atoms with van der Waals surface area (Å²) in [5, 5.41) is 3.31. The van der Waals surface area contributed by atoms with Crippen molar-refractivity contribution in [1.29, 1.82) is 0 Å². The van der Waals surface area contributed by atoms with Crippen LogP contribution < -0.4 is 10.1 Å². The molecule has 2 heterocycles. The maximum Gasteiger partial charge on any atom is 0.367 e. The summed E-state index contributed by atoms with van der Waals surface area (Å²) in [5.41, 5.74) is 1.24. The number of rotatable bonds is 13. The highest BCUT2D eigenvalue weighted by molar-refractivity contribution is 7.53. The number of likely N-dealkylation sites (tertiary alicyclic amines) is 1. The summed E-state index contributed by atoms with van der Waals surface area (Å²) in [4.78, 5) is 40.4. The van der Waals surface area contributed by atoms with E-state index in [0.29, 0.717) is 41.6 Å². The van der Waals surface area contributed by atoms with Crippen molar-refractivity contribution in [2.75, 3.05) is 26.1 Å². The van der Waals surface area contributed by atoms with E-state index in [1.807, 2.05) is 0 Å². The smallest absolute Gasteiger partial charge is 0.367 e. The van der Waals surface area contributed by atoms with Crippen LogP contribution in [0.1, 0.15) is 49.5 Å². The largest absolute Gasteiger partial charge is 0.481 e. The molecule has 2 amide bonds. The second kappa shape index (κ2) is 13.8. The van der Waals surface area contributed by atoms with Crippen molar-refractivity contribution in [1.82, 2.24) is 14.8 Å². The fourth-order valence-corrected chi connectivity index (χ4v) is 6.50. The minimum atomic E-state index is -3.46. The lowest BCUT2D eigenvalue weighted by Crippen LogP contribution is -2.46. The number of carbonyl (C=O) groups is 3. The molecule has 42 heavy (non-hydrogen) atoms. The van der Waals surface area contributed by atoms with Gasteiger partial charge in [0.05, 0.1) is 23.8 Å². The predicted octanol–water partition coefficient (Wildman–Crippen LogP) is 5.55. The van der Waals surface area contributed by atoms with Crippen molar-refractivity contribution in [2.24, 2.45) is 0 Å². The minimum Gasteiger partial charge on any atom is -0.481 e. The second-order valence-corrected chi connectivity index (χ2v) is 12.2. The Bertz CT molecular complexity index is 1520. The van der Waals surface area contributed by atoms with E-state index in [0.717, 1.165) is 0 Å². The number of nitrogens with one attached hydrogen (secondary N) is 1. The molecule has 0 saturated carbocycles. The van der Waals surface area contributed by atoms with Gasteiger partial charge in [0.1, 0.15) is 24.2 Å². The molecule has 1 atom stereocenters. The fourth-order valence-electron chi connectivity index (χ4n) is 4.99. The standard InChI is InChI=1S/C29H34ClFN3O7P/c1-4-40-42(38,41-5-2)18-39-21-11-12-22-23(19(3)35)16-33(26(22)14-21)17-27(36)34-13-7-10-25(34)29(37)32-15-20-8-6-9-24(30)28(20)31/h6,8-9,11-12,14,16,25H,4-5,7,10,13,15,17-18H2,1-3H3,(H,32,37)/t25-/m0/s1. The molecule has 226 valence electrons. The highest BCUT2D eigenvalue weighted by Crippen LogP contribution is 2.48. The number of ketones is 1. The summed E-state index contributed by atoms with van der Waals surface area (Å²) in [6.45, 7) is 5.44. The van der Waals surface area contributed by atoms with E-state index >= 15 is 0 Å². The van der Waals surface area contributed by atoms with Crippen LogP contribution in [0.25, 0.3) is 10.9 Å². The Hall–Kier alpha value is -3.24. The van der Waals surface area contributed by atoms with Gasteiger partial charge in [0.25, 0.3) is 0 Å². The molecule has 2 aromatic carbocycles. The fraction of sp³-hybridized carbons (Fsp3) is 0.414. The van der Waals surface area contributed by atoms with Gasteiger partial charge < -0.3 is 28.6 Å². The zero-order chi connectivity index (χ0) is 30.4. The van der Waals surface area contributed by atoms with E-state index < -0.39 is 19.5 Å². The van der Waals surface area contributed by atoms with Crippen molar-refractivity contribution in [3.63, 3.8) is 0 Å². The number of ether oxygens (including phenoxy) is 1. The molecule has 1 fully saturated rings. The van der Waals surface area contributed by atoms with Gasteiger partial charge in [0.2, 0.25) is 11.8 Å². The number of hydrogen-bond acceptors (Lipinski definition) is 7. The van der Waals surface area contributed by atoms with E-state index in [9.17, 15) is 23.3 Å². The van der Waals surface area contributed by atoms with Crippen molar-refractivity contribution >= 4 is 47.7 Å². The van der Waals surface area contributed by atoms with Crippen molar-refractivity contribution in [2.45, 2.75) is 52.7 Å². The third-order valence-electron chi connectivity index (χ3n) is 6.94. The summed E-state index contributed by atoms with van der Waals surface area (Å²) >= 11 is 5.84. The SMILES string of the molecule is CCOP(=O)(COc1ccc2c(C(C)=O)cn(CC(=O)N3CCC[C@H]3C(=O)NCc3cccc(Cl)c3F)c2c1)OCC. The second-order valence-electron chi connectivity index (χ2n) is 9.80. The summed E-state index contributed by atoms with van der Waals surface area (Å²) < 4.78 is 45.0. The van der Waals surface area contributed by atoms with Crippen LogP contribution in [0.5, 0.6) is 5.75 Å². The van der Waals surface area contributed by atoms with Gasteiger partial charge in [0, 0.05) is 41.9 Å². The van der Waals surface area contributed by atoms with Crippen LogP contribution in [0.15, 0.2) is 42.6 Å². The molecule has 4 rings (SSSR count). The number of fused-ring (bicyclic) bond motifs is 1. The van der Waals surface area contributed by atoms with Gasteiger partial charge in [-0.3, -0.25) is 18.9 Å². The maximum atomic E-state index is 14.3. The maximum absolute atomic E-state index is 14.3. The third-order valence-corrected chi connectivity index (χ3v) is 8.98. The number of amides is 2. The lowest BCUT2D eigenvalue weighted by atomic mass is 10.1. The van der Waals surface area contributed by atoms with Crippen LogP contribution in [0.2, 0.25) is 5.02 Å². The number of Topliss-reactive ketones (excluding diaryl/α,β-unsaturated/α-hetero) is 1. The monoisotopic (exact) mass is 621 g/mol. The van der Waals surface area contributed by atoms with Crippen molar-refractivity contribution < 1.29 is 37.1 Å². The number of nitrogens with zero attached hydrogens (tertiary/aromatic N) is 2. The molecular formula is C29H34ClFN3O7P. The Morgan fingerprint density at radius 3 is 2.57 bits per heavy atom. The van der Waals surface area contributed by atoms with E-state index in [4.69, 9.17) is 25.4 Å². The molecule has 3 aromatic rings. The third kappa shape index (κ3) is 7.21. The summed E-state index contributed by atoms with van der Waals surface area (Å²) in [6.07, 6.45) is 2.41. The molecule has 1 aromatic heterocycles. The molecular weight excluding hydrogens is 588 g/mol. The molecule has 10 nitrogen and oxygen atoms in total. The van der Waals surface area contributed by atoms with Crippen molar-refractivity contribution in [3.05, 3.63) is 64.6 Å². The highest BCUT2D eigenvalue weighted by atomic mass is 35.5. The summed E-state index contributed by atoms with van der Waals surface area (Å²) in [7, 11) is -3.46. The minimum absolute atomic E-state index is 0.0329. The molecule has 0 spiro atoms. The molecule has 13 heteroatoms. The normalized spacial score (nSPS) is 15.3. The molecule has 0 aliphatic carbocycles. The van der Waals surface area contributed by atoms with Crippen LogP contribution in [0.4, 0.5) is 4.39 Å². The van der Waals surface area contributed by atoms with E-state index in [2.05, 4.69) is 5.32 Å². The number of benzene rings is 2. The quantitative estimate of drug-likeness (QED) is 0.197. The predicted molar refractivity (Wildman–Crippen MR) is 156 cm³/mol. The number of hydrogen-bond donors (Lipinski definition) is 1. The number of aromatic nitrogens is 1. The Labute approximate surface area is 248 Å². The van der Waals surface area contributed by atoms with Gasteiger partial charge in [-0.25, -0.2) is 4.39 Å². The Morgan fingerprint density at radius 1 is 1.14 bits per heavy atom. The van der Waals surface area contributed by atoms with Gasteiger partial charge >= 0.3 is 7.60 Å². The van der Waals surface area contributed by atoms with E-state index in [1.165, 1.54) is 24.0 Å². The van der Waals surface area contributed by atoms with Crippen molar-refractivity contribution in [3.8, 4) is 5.75 Å². The molecule has 1 saturated heterocycles. The Morgan fingerprint density at radius 2 is 1.88 bits per heavy atom. The topological polar surface area (TPSA) is 116 Å². The van der Waals surface area contributed by atoms with Gasteiger partial charge in [-0.1, -0.05) is 23.7 Å². The molecule has 1 N–H and O–H groups in total. The van der Waals surface area contributed by atoms with Crippen LogP contribution in [-0.2, 0) is 36.3 Å². The molecule has 0 bridgehead atoms. The molecule has 0 radical (unpaired) electrons. The average Bonchev–Trinajstić information content (AvgIpc) is 3.58. The lowest BCUT2D eigenvalue weighted by Gasteiger charge is -2.24. The van der Waals surface area contributed by atoms with E-state index in [-0.39, 0.29) is 60.8 Å². The van der Waals surface area contributed by atoms with Gasteiger partial charge in [0.15, 0.2) is 12.1 Å². The zero-order valence-corrected chi connectivity index (χ0v) is 25.4. The first-order valence-electron chi connectivity index (χ1n) is 13.7. The number of carbonyl (C=O) groups excluding carboxylic acids is 3. The van der Waals surface area contributed by atoms with Gasteiger partial charge in [-0.05, 0) is 51.8 Å². The van der Waals surface area contributed by atoms with E-state index in [1.54, 1.807) is 48.9 Å². The number of halogens is 2. The average molecular weight is 622 g/mol. The summed E-state index contributed by atoms with van der Waals surface area (Å²) in [5.74, 6) is -1.11. The van der Waals surface area contributed by atoms with Crippen LogP contribution in [-0.4, -0.2) is 59.2 Å². The first-order chi connectivity index (χ1) is 20.1. The molecule has 0 unspecified atom stereocenters. The molecule has 1 aliphatic rings. The summed E-state index contributed by atoms with van der Waals surface area (Å²) in [6, 6.07) is 8.86. The molecule has 1 aliphatic heterocycles. The van der Waals surface area contributed by atoms with Gasteiger partial charge in [-0.2, -0.15) is 0 Å². The lowest BCUT2D eigenvalue weighted by molar-refractivity contribution is -0.138. The van der Waals surface area contributed by atoms with Crippen LogP contribution in [0, 0.1) is 5.82 Å².